The van der Waals surface area contributed by atoms with Crippen LogP contribution < -0.4 is 10.6 Å². The minimum atomic E-state index is 0.328. The zero-order valence-corrected chi connectivity index (χ0v) is 19.1. The highest BCUT2D eigenvalue weighted by molar-refractivity contribution is 5.32. The van der Waals surface area contributed by atoms with E-state index in [-0.39, 0.29) is 0 Å². The molecule has 3 aromatic rings. The van der Waals surface area contributed by atoms with Crippen LogP contribution in [0.2, 0.25) is 0 Å². The van der Waals surface area contributed by atoms with Crippen molar-refractivity contribution in [1.82, 2.24) is 25.3 Å². The van der Waals surface area contributed by atoms with Gasteiger partial charge in [0.2, 0.25) is 0 Å². The Morgan fingerprint density at radius 2 is 1.34 bits per heavy atom. The first-order valence-corrected chi connectivity index (χ1v) is 11.2. The van der Waals surface area contributed by atoms with Crippen LogP contribution in [0.3, 0.4) is 0 Å². The van der Waals surface area contributed by atoms with Gasteiger partial charge in [-0.15, -0.1) is 0 Å². The van der Waals surface area contributed by atoms with Gasteiger partial charge in [-0.25, -0.2) is 0 Å². The fourth-order valence-corrected chi connectivity index (χ4v) is 3.71. The molecule has 0 saturated carbocycles. The Hall–Kier alpha value is -2.87. The van der Waals surface area contributed by atoms with Crippen LogP contribution in [0.1, 0.15) is 22.5 Å². The molecule has 32 heavy (non-hydrogen) atoms. The van der Waals surface area contributed by atoms with Crippen LogP contribution in [-0.2, 0) is 19.6 Å². The maximum atomic E-state index is 9.93. The largest absolute Gasteiger partial charge is 0.508 e. The number of hydrogen-bond donors (Lipinski definition) is 4. The van der Waals surface area contributed by atoms with Crippen molar-refractivity contribution in [1.29, 1.82) is 0 Å². The first-order chi connectivity index (χ1) is 15.5. The van der Waals surface area contributed by atoms with E-state index in [9.17, 15) is 10.2 Å². The summed E-state index contributed by atoms with van der Waals surface area (Å²) in [5.74, 6) is 0.657. The monoisotopic (exact) mass is 437 g/mol. The molecule has 0 atom stereocenters. The summed E-state index contributed by atoms with van der Waals surface area (Å²) in [4.78, 5) is 2.41. The molecule has 2 aromatic carbocycles. The normalized spacial score (nSPS) is 11.3. The highest BCUT2D eigenvalue weighted by Crippen LogP contribution is 2.15. The lowest BCUT2D eigenvalue weighted by Crippen LogP contribution is -2.38. The van der Waals surface area contributed by atoms with Gasteiger partial charge < -0.3 is 20.8 Å². The Kier molecular flexibility index (Phi) is 9.10. The Bertz CT molecular complexity index is 919. The highest BCUT2D eigenvalue weighted by atomic mass is 16.3. The van der Waals surface area contributed by atoms with E-state index in [0.29, 0.717) is 24.6 Å². The van der Waals surface area contributed by atoms with Gasteiger partial charge in [0.1, 0.15) is 11.5 Å². The SMILES string of the molecule is Cc1cc(C)n(CCN(CCNCc2ccccc2O)CCNCc2ccccc2O)n1. The molecule has 1 aromatic heterocycles. The van der Waals surface area contributed by atoms with Crippen molar-refractivity contribution in [2.75, 3.05) is 32.7 Å². The summed E-state index contributed by atoms with van der Waals surface area (Å²) in [6.45, 7) is 10.6. The first kappa shape index (κ1) is 23.8. The molecule has 0 amide bonds. The Balaban J connectivity index is 1.47. The van der Waals surface area contributed by atoms with Crippen molar-refractivity contribution in [2.24, 2.45) is 0 Å². The summed E-state index contributed by atoms with van der Waals surface area (Å²) in [6.07, 6.45) is 0. The summed E-state index contributed by atoms with van der Waals surface area (Å²) >= 11 is 0. The fourth-order valence-electron chi connectivity index (χ4n) is 3.71. The second-order valence-electron chi connectivity index (χ2n) is 8.10. The fraction of sp³-hybridized carbons (Fsp3) is 0.400. The summed E-state index contributed by atoms with van der Waals surface area (Å²) in [6, 6.07) is 17.0. The average Bonchev–Trinajstić information content (AvgIpc) is 3.10. The van der Waals surface area contributed by atoms with Gasteiger partial charge in [-0.05, 0) is 32.0 Å². The van der Waals surface area contributed by atoms with Crippen molar-refractivity contribution in [3.63, 3.8) is 0 Å². The number of aromatic nitrogens is 2. The molecular formula is C25H35N5O2. The van der Waals surface area contributed by atoms with Gasteiger partial charge in [0.25, 0.3) is 0 Å². The third kappa shape index (κ3) is 7.37. The molecule has 0 spiro atoms. The number of nitrogens with zero attached hydrogens (tertiary/aromatic N) is 3. The molecule has 0 fully saturated rings. The summed E-state index contributed by atoms with van der Waals surface area (Å²) in [7, 11) is 0. The predicted molar refractivity (Wildman–Crippen MR) is 128 cm³/mol. The number of nitrogens with one attached hydrogen (secondary N) is 2. The first-order valence-electron chi connectivity index (χ1n) is 11.2. The number of hydrogen-bond acceptors (Lipinski definition) is 6. The average molecular weight is 438 g/mol. The predicted octanol–water partition coefficient (Wildman–Crippen LogP) is 2.79. The quantitative estimate of drug-likeness (QED) is 0.308. The number of aryl methyl sites for hydroxylation is 2. The second-order valence-corrected chi connectivity index (χ2v) is 8.10. The van der Waals surface area contributed by atoms with E-state index in [2.05, 4.69) is 38.3 Å². The van der Waals surface area contributed by atoms with Crippen molar-refractivity contribution in [2.45, 2.75) is 33.5 Å². The molecule has 0 saturated heterocycles. The molecule has 172 valence electrons. The van der Waals surface area contributed by atoms with Crippen molar-refractivity contribution in [3.05, 3.63) is 77.1 Å². The summed E-state index contributed by atoms with van der Waals surface area (Å²) in [5.41, 5.74) is 4.04. The molecule has 0 bridgehead atoms. The number of rotatable bonds is 13. The van der Waals surface area contributed by atoms with Crippen LogP contribution in [0.25, 0.3) is 0 Å². The lowest BCUT2D eigenvalue weighted by atomic mass is 10.2. The summed E-state index contributed by atoms with van der Waals surface area (Å²) in [5, 5.41) is 31.3. The van der Waals surface area contributed by atoms with Crippen LogP contribution in [0.15, 0.2) is 54.6 Å². The van der Waals surface area contributed by atoms with E-state index < -0.39 is 0 Å². The van der Waals surface area contributed by atoms with E-state index in [1.165, 1.54) is 5.69 Å². The van der Waals surface area contributed by atoms with E-state index in [4.69, 9.17) is 0 Å². The topological polar surface area (TPSA) is 85.6 Å². The maximum Gasteiger partial charge on any atom is 0.120 e. The zero-order valence-electron chi connectivity index (χ0n) is 19.1. The van der Waals surface area contributed by atoms with Crippen LogP contribution in [0, 0.1) is 13.8 Å². The van der Waals surface area contributed by atoms with Gasteiger partial charge in [0.15, 0.2) is 0 Å². The van der Waals surface area contributed by atoms with Crippen LogP contribution in [0.5, 0.6) is 11.5 Å². The minimum absolute atomic E-state index is 0.328. The van der Waals surface area contributed by atoms with Crippen molar-refractivity contribution >= 4 is 0 Å². The van der Waals surface area contributed by atoms with Gasteiger partial charge in [0.05, 0.1) is 12.2 Å². The molecular weight excluding hydrogens is 402 g/mol. The standard InChI is InChI=1S/C25H35N5O2/c1-20-17-21(2)30(28-20)16-15-29(13-11-26-18-22-7-3-5-9-24(22)31)14-12-27-19-23-8-4-6-10-25(23)32/h3-10,17,26-27,31-32H,11-16,18-19H2,1-2H3. The molecule has 0 radical (unpaired) electrons. The van der Waals surface area contributed by atoms with Gasteiger partial charge in [-0.2, -0.15) is 5.10 Å². The molecule has 0 aliphatic rings. The van der Waals surface area contributed by atoms with Gasteiger partial charge >= 0.3 is 0 Å². The third-order valence-electron chi connectivity index (χ3n) is 5.56. The van der Waals surface area contributed by atoms with Crippen LogP contribution in [-0.4, -0.2) is 57.6 Å². The number of para-hydroxylation sites is 2. The number of phenolic OH excluding ortho intramolecular Hbond substituents is 2. The molecule has 3 rings (SSSR count). The molecule has 4 N–H and O–H groups in total. The number of aromatic hydroxyl groups is 2. The number of benzene rings is 2. The summed E-state index contributed by atoms with van der Waals surface area (Å²) < 4.78 is 2.06. The molecule has 0 unspecified atom stereocenters. The molecule has 7 heteroatoms. The molecule has 0 aliphatic heterocycles. The highest BCUT2D eigenvalue weighted by Gasteiger charge is 2.08. The smallest absolute Gasteiger partial charge is 0.120 e. The lowest BCUT2D eigenvalue weighted by Gasteiger charge is -2.23. The van der Waals surface area contributed by atoms with Gasteiger partial charge in [-0.1, -0.05) is 36.4 Å². The Labute approximate surface area is 190 Å². The van der Waals surface area contributed by atoms with E-state index in [1.807, 2.05) is 43.3 Å². The van der Waals surface area contributed by atoms with Crippen LogP contribution >= 0.6 is 0 Å². The molecule has 7 nitrogen and oxygen atoms in total. The minimum Gasteiger partial charge on any atom is -0.508 e. The van der Waals surface area contributed by atoms with Crippen LogP contribution in [0.4, 0.5) is 0 Å². The van der Waals surface area contributed by atoms with Crippen molar-refractivity contribution < 1.29 is 10.2 Å². The maximum absolute atomic E-state index is 9.93. The molecule has 0 aliphatic carbocycles. The van der Waals surface area contributed by atoms with Gasteiger partial charge in [0, 0.05) is 62.6 Å². The molecule has 1 heterocycles. The second kappa shape index (κ2) is 12.2. The Morgan fingerprint density at radius 1 is 0.812 bits per heavy atom. The Morgan fingerprint density at radius 3 is 1.81 bits per heavy atom. The lowest BCUT2D eigenvalue weighted by molar-refractivity contribution is 0.256. The van der Waals surface area contributed by atoms with Gasteiger partial charge in [-0.3, -0.25) is 9.58 Å². The van der Waals surface area contributed by atoms with E-state index in [1.54, 1.807) is 12.1 Å². The van der Waals surface area contributed by atoms with E-state index in [0.717, 1.165) is 56.1 Å². The third-order valence-corrected chi connectivity index (χ3v) is 5.56. The number of phenols is 2. The van der Waals surface area contributed by atoms with E-state index >= 15 is 0 Å². The zero-order chi connectivity index (χ0) is 22.8. The van der Waals surface area contributed by atoms with Crippen molar-refractivity contribution in [3.8, 4) is 11.5 Å².